The van der Waals surface area contributed by atoms with Crippen LogP contribution in [0.2, 0.25) is 0 Å². The zero-order valence-corrected chi connectivity index (χ0v) is 50.5. The zero-order valence-electron chi connectivity index (χ0n) is 50.5. The molecule has 9 aliphatic rings. The number of aldehydes is 1. The quantitative estimate of drug-likeness (QED) is 0.0449. The lowest BCUT2D eigenvalue weighted by Crippen LogP contribution is -2.67. The van der Waals surface area contributed by atoms with E-state index >= 15 is 4.79 Å². The van der Waals surface area contributed by atoms with Crippen LogP contribution in [0.4, 0.5) is 4.79 Å². The highest BCUT2D eigenvalue weighted by Crippen LogP contribution is 2.61. The molecule has 6 fully saturated rings. The monoisotopic (exact) mass is 1190 g/mol. The van der Waals surface area contributed by atoms with Gasteiger partial charge in [0.2, 0.25) is 5.78 Å². The van der Waals surface area contributed by atoms with Crippen molar-refractivity contribution in [3.63, 3.8) is 0 Å². The second kappa shape index (κ2) is 25.2. The van der Waals surface area contributed by atoms with Crippen molar-refractivity contribution in [1.82, 2.24) is 10.5 Å². The van der Waals surface area contributed by atoms with Crippen molar-refractivity contribution in [2.24, 2.45) is 46.8 Å². The third-order valence-electron chi connectivity index (χ3n) is 20.2. The topological polar surface area (TPSA) is 309 Å². The van der Waals surface area contributed by atoms with Gasteiger partial charge in [0.05, 0.1) is 73.6 Å². The molecule has 23 nitrogen and oxygen atoms in total. The molecule has 23 heteroatoms. The Hall–Kier alpha value is -4.02. The fourth-order valence-corrected chi connectivity index (χ4v) is 15.7. The molecule has 1 amide bonds. The summed E-state index contributed by atoms with van der Waals surface area (Å²) in [5.41, 5.74) is -3.59. The van der Waals surface area contributed by atoms with Crippen molar-refractivity contribution >= 4 is 24.1 Å². The Balaban J connectivity index is 1.01. The van der Waals surface area contributed by atoms with Crippen LogP contribution >= 0.6 is 0 Å². The maximum atomic E-state index is 15.5. The largest absolute Gasteiger partial charge is 0.762 e. The third kappa shape index (κ3) is 11.9. The Kier molecular flexibility index (Phi) is 19.4. The van der Waals surface area contributed by atoms with Crippen molar-refractivity contribution in [3.05, 3.63) is 63.6 Å². The van der Waals surface area contributed by atoms with E-state index in [-0.39, 0.29) is 55.6 Å². The van der Waals surface area contributed by atoms with E-state index in [0.717, 1.165) is 11.9 Å². The number of alkyl carbamates (subject to hydrolysis) is 1. The predicted molar refractivity (Wildman–Crippen MR) is 297 cm³/mol. The summed E-state index contributed by atoms with van der Waals surface area (Å²) in [6.45, 7) is 19.9. The maximum absolute atomic E-state index is 15.5. The first-order valence-electron chi connectivity index (χ1n) is 29.8. The minimum absolute atomic E-state index is 0.0120. The van der Waals surface area contributed by atoms with Crippen LogP contribution in [0, 0.1) is 52.0 Å². The van der Waals surface area contributed by atoms with Crippen LogP contribution in [0.5, 0.6) is 0 Å². The third-order valence-corrected chi connectivity index (χ3v) is 20.2. The minimum atomic E-state index is -1.86. The van der Waals surface area contributed by atoms with Gasteiger partial charge in [-0.25, -0.2) is 9.59 Å². The Morgan fingerprint density at radius 2 is 1.38 bits per heavy atom. The fraction of sp³-hybridized carbons (Fsp3) is 0.770. The molecule has 4 aliphatic carbocycles. The van der Waals surface area contributed by atoms with E-state index in [9.17, 15) is 45.2 Å². The van der Waals surface area contributed by atoms with E-state index in [1.165, 1.54) is 21.1 Å². The molecule has 5 heterocycles. The number of ether oxygens (including phenoxy) is 11. The number of methoxy groups -OCH3 is 2. The molecule has 0 radical (unpaired) electrons. The number of hydroxylamine groups is 2. The van der Waals surface area contributed by atoms with Crippen molar-refractivity contribution in [1.29, 1.82) is 0 Å². The number of fused-ring (bicyclic) bond motifs is 4. The van der Waals surface area contributed by atoms with Crippen LogP contribution in [0.1, 0.15) is 121 Å². The van der Waals surface area contributed by atoms with E-state index in [4.69, 9.17) is 52.1 Å². The van der Waals surface area contributed by atoms with E-state index in [0.29, 0.717) is 17.6 Å². The molecule has 1 saturated carbocycles. The SMILES string of the molecule is COC(=O)N[C@@H]1[C@H](C)O[C@@H](O[C@H]2C/C=C(/C)[C@H]3C=C[C@H]4[C@H](O[C@@H]5C[C@@H](O[C@@H]6C[C@@H](O)[C@@H](O[C@@H]7C[C@@H](O)[C@@H](OC)[C@H](C)O7)[C@H](C)O6)[C@@H](O)[C@H](C)O5)[C@H](C)C[C@@H](C)[C@@H]4[C@@]3(C)/C(O)=C3/C(=O)O[C@@]4(C[C@H](C)C(C=O)=C[C@H]4/C=C\2C)C3=O)C[C@@]1(C)N([O-])O. The second-order valence-electron chi connectivity index (χ2n) is 25.8. The summed E-state index contributed by atoms with van der Waals surface area (Å²) in [5.74, 6) is -5.36. The number of aliphatic hydroxyl groups excluding tert-OH is 4. The number of nitrogens with zero attached hydrogens (tertiary/aromatic N) is 1. The van der Waals surface area contributed by atoms with Crippen molar-refractivity contribution in [2.75, 3.05) is 14.2 Å². The molecule has 470 valence electrons. The smallest absolute Gasteiger partial charge is 0.407 e. The lowest BCUT2D eigenvalue weighted by Gasteiger charge is -2.56. The Labute approximate surface area is 491 Å². The van der Waals surface area contributed by atoms with E-state index in [1.807, 2.05) is 26.0 Å². The van der Waals surface area contributed by atoms with Gasteiger partial charge in [-0.15, -0.1) is 0 Å². The van der Waals surface area contributed by atoms with Gasteiger partial charge < -0.3 is 88.3 Å². The van der Waals surface area contributed by atoms with Crippen LogP contribution in [-0.2, 0) is 66.5 Å². The standard InChI is InChI=1S/C61H89N2O21/c1-27-14-17-42(80-47-25-59(10,63(72)73)54(35(9)79-47)62-58(71)75-13)28(2)19-37-20-36(26-64)31(5)24-61(37)56(69)48(57(70)84-61)55(68)60(11)39(27)16-15-38-49(60)29(3)18-30(4)51(38)82-46-23-43(50(67)32(6)76-46)81-44-22-41(66)53(34(8)78-44)83-45-21-40(65)52(74-12)33(7)77-45/h14-16,19-20,26,29-35,37-47,49-54,65-68,72H,17-18,21-25H2,1-13H3,(H,62,71)/q-1/b27-14-,28-19-,55-48-/t29-,30-,31+,32+,33+,34+,35+,37-,38-,39-,40-,41-,42+,43-,44-,45-,46-,47+,49+,50+,51-,52+,53+,54-,59-,60+,61-/m1/s1. The Bertz CT molecular complexity index is 2580. The molecule has 0 aromatic heterocycles. The number of amides is 1. The van der Waals surface area contributed by atoms with Gasteiger partial charge in [0.1, 0.15) is 35.9 Å². The van der Waals surface area contributed by atoms with E-state index in [2.05, 4.69) is 25.2 Å². The molecule has 84 heavy (non-hydrogen) atoms. The van der Waals surface area contributed by atoms with Gasteiger partial charge in [0, 0.05) is 62.4 Å². The number of rotatable bonds is 12. The highest BCUT2D eigenvalue weighted by molar-refractivity contribution is 6.26. The number of hydrogen-bond acceptors (Lipinski definition) is 22. The molecule has 0 unspecified atom stereocenters. The molecule has 5 aliphatic heterocycles. The molecule has 5 saturated heterocycles. The maximum Gasteiger partial charge on any atom is 0.407 e. The summed E-state index contributed by atoms with van der Waals surface area (Å²) in [7, 11) is 2.68. The number of nitrogens with one attached hydrogen (secondary N) is 1. The molecular weight excluding hydrogens is 1100 g/mol. The van der Waals surface area contributed by atoms with Crippen LogP contribution < -0.4 is 5.32 Å². The first-order chi connectivity index (χ1) is 39.6. The van der Waals surface area contributed by atoms with Gasteiger partial charge in [-0.2, -0.15) is 0 Å². The lowest BCUT2D eigenvalue weighted by atomic mass is 9.49. The number of allylic oxidation sites excluding steroid dienone is 4. The number of carbonyl (C=O) groups is 4. The van der Waals surface area contributed by atoms with Crippen molar-refractivity contribution in [2.45, 2.75) is 237 Å². The lowest BCUT2D eigenvalue weighted by molar-refractivity contribution is -0.335. The Morgan fingerprint density at radius 1 is 0.762 bits per heavy atom. The molecule has 2 bridgehead atoms. The number of Topliss-reactive ketones (excluding diaryl/α,β-unsaturated/α-hetero) is 1. The highest BCUT2D eigenvalue weighted by Gasteiger charge is 2.64. The highest BCUT2D eigenvalue weighted by atomic mass is 16.8. The van der Waals surface area contributed by atoms with Gasteiger partial charge in [-0.1, -0.05) is 63.6 Å². The summed E-state index contributed by atoms with van der Waals surface area (Å²) in [6.07, 6.45) is -2.99. The van der Waals surface area contributed by atoms with Gasteiger partial charge >= 0.3 is 12.1 Å². The first-order valence-corrected chi connectivity index (χ1v) is 29.8. The fourth-order valence-electron chi connectivity index (χ4n) is 15.7. The average molecular weight is 1190 g/mol. The van der Waals surface area contributed by atoms with E-state index < -0.39 is 180 Å². The van der Waals surface area contributed by atoms with E-state index in [1.54, 1.807) is 53.7 Å². The predicted octanol–water partition coefficient (Wildman–Crippen LogP) is 5.69. The van der Waals surface area contributed by atoms with Crippen molar-refractivity contribution < 1.29 is 96.9 Å². The van der Waals surface area contributed by atoms with Gasteiger partial charge in [0.25, 0.3) is 0 Å². The molecule has 0 aromatic carbocycles. The number of carbonyl (C=O) groups excluding carboxylic acids is 4. The molecule has 9 rings (SSSR count). The van der Waals surface area contributed by atoms with Crippen LogP contribution in [0.3, 0.4) is 0 Å². The molecule has 1 spiro atoms. The van der Waals surface area contributed by atoms with Crippen LogP contribution in [0.25, 0.3) is 0 Å². The van der Waals surface area contributed by atoms with Crippen LogP contribution in [-0.4, -0.2) is 185 Å². The molecule has 0 aromatic rings. The summed E-state index contributed by atoms with van der Waals surface area (Å²) >= 11 is 0. The molecular formula is C61H89N2O21-. The molecule has 6 N–H and O–H groups in total. The normalized spacial score (nSPS) is 49.4. The van der Waals surface area contributed by atoms with Crippen LogP contribution in [0.15, 0.2) is 58.4 Å². The summed E-state index contributed by atoms with van der Waals surface area (Å²) in [6, 6.07) is -1.03. The minimum Gasteiger partial charge on any atom is -0.762 e. The summed E-state index contributed by atoms with van der Waals surface area (Å²) < 4.78 is 67.9. The summed E-state index contributed by atoms with van der Waals surface area (Å²) in [5, 5.41) is 72.8. The van der Waals surface area contributed by atoms with Gasteiger partial charge in [-0.3, -0.25) is 14.8 Å². The number of ketones is 1. The first kappa shape index (κ1) is 64.5. The Morgan fingerprint density at radius 3 is 2.01 bits per heavy atom. The van der Waals surface area contributed by atoms with Crippen molar-refractivity contribution in [3.8, 4) is 0 Å². The van der Waals surface area contributed by atoms with Gasteiger partial charge in [-0.05, 0) is 96.1 Å². The zero-order chi connectivity index (χ0) is 61.2. The van der Waals surface area contributed by atoms with Gasteiger partial charge in [0.15, 0.2) is 30.8 Å². The number of hydrogen-bond donors (Lipinski definition) is 6. The number of esters is 1. The average Bonchev–Trinajstić information content (AvgIpc) is 2.80. The summed E-state index contributed by atoms with van der Waals surface area (Å²) in [4.78, 5) is 55.3. The number of aliphatic hydroxyl groups is 4. The second-order valence-corrected chi connectivity index (χ2v) is 25.8. The molecule has 27 atom stereocenters.